The molecule has 0 spiro atoms. The fourth-order valence-corrected chi connectivity index (χ4v) is 2.03. The smallest absolute Gasteiger partial charge is 0.0778 e. The van der Waals surface area contributed by atoms with Crippen molar-refractivity contribution in [3.63, 3.8) is 0 Å². The van der Waals surface area contributed by atoms with Gasteiger partial charge in [0.15, 0.2) is 0 Å². The first-order valence-corrected chi connectivity index (χ1v) is 4.76. The summed E-state index contributed by atoms with van der Waals surface area (Å²) >= 11 is 1.80. The van der Waals surface area contributed by atoms with Gasteiger partial charge in [0.1, 0.15) is 0 Å². The van der Waals surface area contributed by atoms with Gasteiger partial charge in [-0.05, 0) is 19.1 Å². The van der Waals surface area contributed by atoms with Crippen LogP contribution in [0.5, 0.6) is 0 Å². The van der Waals surface area contributed by atoms with Crippen molar-refractivity contribution in [2.75, 3.05) is 6.61 Å². The highest BCUT2D eigenvalue weighted by molar-refractivity contribution is 7.12. The number of rotatable bonds is 3. The summed E-state index contributed by atoms with van der Waals surface area (Å²) in [5, 5.41) is 0. The summed E-state index contributed by atoms with van der Waals surface area (Å²) in [5.41, 5.74) is 0.0354. The van der Waals surface area contributed by atoms with Gasteiger partial charge in [0.2, 0.25) is 0 Å². The summed E-state index contributed by atoms with van der Waals surface area (Å²) in [4.78, 5) is 7.33. The molecule has 0 radical (unpaired) electrons. The van der Waals surface area contributed by atoms with E-state index >= 15 is 0 Å². The van der Waals surface area contributed by atoms with Gasteiger partial charge in [-0.15, -0.1) is 11.3 Å². The zero-order valence-electron chi connectivity index (χ0n) is 7.76. The largest absolute Gasteiger partial charge is 0.304 e. The number of hydrogen-bond acceptors (Lipinski definition) is 3. The van der Waals surface area contributed by atoms with Crippen LogP contribution in [0.25, 0.3) is 0 Å². The van der Waals surface area contributed by atoms with E-state index in [0.29, 0.717) is 6.61 Å². The average Bonchev–Trinajstić information content (AvgIpc) is 2.36. The molecule has 0 fully saturated rings. The van der Waals surface area contributed by atoms with Crippen molar-refractivity contribution in [3.05, 3.63) is 21.9 Å². The molecule has 0 saturated heterocycles. The lowest BCUT2D eigenvalue weighted by Gasteiger charge is -2.21. The summed E-state index contributed by atoms with van der Waals surface area (Å²) < 4.78 is 0. The highest BCUT2D eigenvalue weighted by Gasteiger charge is 2.22. The standard InChI is InChI=1S/C9H15NOS/c1-7-4-5-8(12-7)9(2,3)6-11-10/h4-5H,6,10H2,1-3H3. The zero-order valence-corrected chi connectivity index (χ0v) is 8.57. The molecule has 1 heterocycles. The van der Waals surface area contributed by atoms with Gasteiger partial charge in [-0.25, -0.2) is 5.90 Å². The molecule has 1 aromatic heterocycles. The Morgan fingerprint density at radius 1 is 1.50 bits per heavy atom. The normalized spacial score (nSPS) is 12.0. The maximum atomic E-state index is 5.06. The van der Waals surface area contributed by atoms with Gasteiger partial charge >= 0.3 is 0 Å². The van der Waals surface area contributed by atoms with Gasteiger partial charge in [-0.1, -0.05) is 13.8 Å². The van der Waals surface area contributed by atoms with Crippen LogP contribution in [0, 0.1) is 6.92 Å². The average molecular weight is 185 g/mol. The molecular weight excluding hydrogens is 170 g/mol. The topological polar surface area (TPSA) is 35.2 Å². The van der Waals surface area contributed by atoms with Crippen LogP contribution in [0.2, 0.25) is 0 Å². The van der Waals surface area contributed by atoms with Crippen molar-refractivity contribution in [2.24, 2.45) is 5.90 Å². The minimum Gasteiger partial charge on any atom is -0.304 e. The molecule has 0 aromatic carbocycles. The molecule has 0 saturated carbocycles. The number of thiophene rings is 1. The minimum atomic E-state index is 0.0354. The second kappa shape index (κ2) is 3.56. The summed E-state index contributed by atoms with van der Waals surface area (Å²) in [6.45, 7) is 6.93. The fraction of sp³-hybridized carbons (Fsp3) is 0.556. The Bertz CT molecular complexity index is 255. The van der Waals surface area contributed by atoms with Gasteiger partial charge < -0.3 is 4.84 Å². The molecule has 0 unspecified atom stereocenters. The predicted octanol–water partition coefficient (Wildman–Crippen LogP) is 2.22. The van der Waals surface area contributed by atoms with Gasteiger partial charge in [0.25, 0.3) is 0 Å². The monoisotopic (exact) mass is 185 g/mol. The molecule has 1 rings (SSSR count). The van der Waals surface area contributed by atoms with E-state index in [4.69, 9.17) is 5.90 Å². The third kappa shape index (κ3) is 2.06. The minimum absolute atomic E-state index is 0.0354. The molecule has 0 atom stereocenters. The fourth-order valence-electron chi connectivity index (χ4n) is 1.08. The van der Waals surface area contributed by atoms with Crippen LogP contribution in [-0.2, 0) is 10.3 Å². The van der Waals surface area contributed by atoms with Crippen molar-refractivity contribution in [3.8, 4) is 0 Å². The molecule has 12 heavy (non-hydrogen) atoms. The Balaban J connectivity index is 2.81. The first-order valence-electron chi connectivity index (χ1n) is 3.95. The van der Waals surface area contributed by atoms with E-state index in [1.165, 1.54) is 9.75 Å². The van der Waals surface area contributed by atoms with Gasteiger partial charge in [0.05, 0.1) is 6.61 Å². The molecule has 68 valence electrons. The Hall–Kier alpha value is -0.380. The van der Waals surface area contributed by atoms with Crippen molar-refractivity contribution in [2.45, 2.75) is 26.2 Å². The molecule has 2 N–H and O–H groups in total. The van der Waals surface area contributed by atoms with Crippen LogP contribution in [0.1, 0.15) is 23.6 Å². The van der Waals surface area contributed by atoms with E-state index < -0.39 is 0 Å². The Labute approximate surface area is 77.3 Å². The molecular formula is C9H15NOS. The SMILES string of the molecule is Cc1ccc(C(C)(C)CON)s1. The van der Waals surface area contributed by atoms with E-state index in [9.17, 15) is 0 Å². The van der Waals surface area contributed by atoms with Gasteiger partial charge in [0, 0.05) is 15.2 Å². The van der Waals surface area contributed by atoms with E-state index in [2.05, 4.69) is 37.7 Å². The summed E-state index contributed by atoms with van der Waals surface area (Å²) in [6.07, 6.45) is 0. The predicted molar refractivity (Wildman–Crippen MR) is 52.2 cm³/mol. The highest BCUT2D eigenvalue weighted by atomic mass is 32.1. The Kier molecular flexibility index (Phi) is 2.88. The Morgan fingerprint density at radius 3 is 2.58 bits per heavy atom. The number of aryl methyl sites for hydroxylation is 1. The van der Waals surface area contributed by atoms with Crippen molar-refractivity contribution in [1.29, 1.82) is 0 Å². The van der Waals surface area contributed by atoms with Gasteiger partial charge in [-0.3, -0.25) is 0 Å². The number of nitrogens with two attached hydrogens (primary N) is 1. The van der Waals surface area contributed by atoms with Crippen LogP contribution in [-0.4, -0.2) is 6.61 Å². The van der Waals surface area contributed by atoms with Crippen molar-refractivity contribution in [1.82, 2.24) is 0 Å². The molecule has 1 aromatic rings. The lowest BCUT2D eigenvalue weighted by molar-refractivity contribution is 0.0976. The molecule has 0 aliphatic carbocycles. The molecule has 0 bridgehead atoms. The Morgan fingerprint density at radius 2 is 2.17 bits per heavy atom. The summed E-state index contributed by atoms with van der Waals surface area (Å²) in [6, 6.07) is 4.26. The third-order valence-electron chi connectivity index (χ3n) is 1.85. The quantitative estimate of drug-likeness (QED) is 0.733. The van der Waals surface area contributed by atoms with E-state index in [-0.39, 0.29) is 5.41 Å². The third-order valence-corrected chi connectivity index (χ3v) is 3.22. The maximum absolute atomic E-state index is 5.06. The van der Waals surface area contributed by atoms with Crippen molar-refractivity contribution >= 4 is 11.3 Å². The molecule has 0 aliphatic heterocycles. The summed E-state index contributed by atoms with van der Waals surface area (Å²) in [5.74, 6) is 5.06. The van der Waals surface area contributed by atoms with Crippen LogP contribution in [0.4, 0.5) is 0 Å². The van der Waals surface area contributed by atoms with Crippen LogP contribution >= 0.6 is 11.3 Å². The highest BCUT2D eigenvalue weighted by Crippen LogP contribution is 2.29. The first kappa shape index (κ1) is 9.71. The summed E-state index contributed by atoms with van der Waals surface area (Å²) in [7, 11) is 0. The number of hydrogen-bond donors (Lipinski definition) is 1. The second-order valence-corrected chi connectivity index (χ2v) is 4.89. The lowest BCUT2D eigenvalue weighted by atomic mass is 9.93. The molecule has 0 amide bonds. The van der Waals surface area contributed by atoms with Gasteiger partial charge in [-0.2, -0.15) is 0 Å². The van der Waals surface area contributed by atoms with E-state index in [0.717, 1.165) is 0 Å². The first-order chi connectivity index (χ1) is 5.56. The van der Waals surface area contributed by atoms with Crippen molar-refractivity contribution < 1.29 is 4.84 Å². The molecule has 3 heteroatoms. The maximum Gasteiger partial charge on any atom is 0.0778 e. The zero-order chi connectivity index (χ0) is 9.19. The van der Waals surface area contributed by atoms with E-state index in [1.54, 1.807) is 11.3 Å². The van der Waals surface area contributed by atoms with E-state index in [1.807, 2.05) is 0 Å². The second-order valence-electron chi connectivity index (χ2n) is 3.61. The van der Waals surface area contributed by atoms with Crippen LogP contribution in [0.3, 0.4) is 0 Å². The molecule has 2 nitrogen and oxygen atoms in total. The molecule has 0 aliphatic rings. The van der Waals surface area contributed by atoms with Crippen LogP contribution in [0.15, 0.2) is 12.1 Å². The van der Waals surface area contributed by atoms with Crippen LogP contribution < -0.4 is 5.90 Å². The lowest BCUT2D eigenvalue weighted by Crippen LogP contribution is -2.24.